The summed E-state index contributed by atoms with van der Waals surface area (Å²) in [6.45, 7) is 10.4. The number of anilines is 1. The molecule has 2 aromatic carbocycles. The van der Waals surface area contributed by atoms with Crippen molar-refractivity contribution in [3.8, 4) is 0 Å². The van der Waals surface area contributed by atoms with Crippen LogP contribution in [0.2, 0.25) is 0 Å². The summed E-state index contributed by atoms with van der Waals surface area (Å²) in [5.74, 6) is 0.615. The second-order valence-corrected chi connectivity index (χ2v) is 7.07. The molecule has 0 aromatic heterocycles. The minimum atomic E-state index is -0.214. The molecule has 4 nitrogen and oxygen atoms in total. The van der Waals surface area contributed by atoms with E-state index in [1.54, 1.807) is 6.21 Å². The number of oxime groups is 1. The molecule has 0 saturated carbocycles. The Morgan fingerprint density at radius 1 is 1.08 bits per heavy atom. The molecule has 0 aliphatic rings. The van der Waals surface area contributed by atoms with Gasteiger partial charge in [-0.2, -0.15) is 0 Å². The Morgan fingerprint density at radius 2 is 1.77 bits per heavy atom. The molecule has 0 unspecified atom stereocenters. The summed E-state index contributed by atoms with van der Waals surface area (Å²) in [6.07, 6.45) is 1.62. The number of carbonyl (C=O) groups excluding carboxylic acids is 1. The first-order valence-electron chi connectivity index (χ1n) is 9.03. The molecule has 4 heteroatoms. The highest BCUT2D eigenvalue weighted by Crippen LogP contribution is 2.27. The molecule has 0 spiro atoms. The van der Waals surface area contributed by atoms with E-state index < -0.39 is 0 Å². The zero-order valence-corrected chi connectivity index (χ0v) is 16.2. The maximum Gasteiger partial charge on any atom is 0.265 e. The summed E-state index contributed by atoms with van der Waals surface area (Å²) in [7, 11) is 0. The zero-order valence-electron chi connectivity index (χ0n) is 16.2. The normalized spacial score (nSPS) is 11.3. The van der Waals surface area contributed by atoms with E-state index >= 15 is 0 Å². The lowest BCUT2D eigenvalue weighted by Gasteiger charge is -2.16. The molecular weight excluding hydrogens is 324 g/mol. The van der Waals surface area contributed by atoms with E-state index in [2.05, 4.69) is 50.3 Å². The molecule has 0 aliphatic heterocycles. The summed E-state index contributed by atoms with van der Waals surface area (Å²) in [4.78, 5) is 17.3. The molecule has 0 radical (unpaired) electrons. The van der Waals surface area contributed by atoms with Gasteiger partial charge in [0.1, 0.15) is 0 Å². The maximum atomic E-state index is 12.2. The quantitative estimate of drug-likeness (QED) is 0.548. The molecule has 1 amide bonds. The van der Waals surface area contributed by atoms with Gasteiger partial charge in [-0.15, -0.1) is 0 Å². The predicted octanol–water partition coefficient (Wildman–Crippen LogP) is 5.23. The predicted molar refractivity (Wildman–Crippen MR) is 108 cm³/mol. The molecule has 138 valence electrons. The number of hydrogen-bond acceptors (Lipinski definition) is 3. The summed E-state index contributed by atoms with van der Waals surface area (Å²) in [6, 6.07) is 14.2. The molecule has 1 N–H and O–H groups in total. The number of benzene rings is 2. The van der Waals surface area contributed by atoms with E-state index in [9.17, 15) is 4.79 Å². The molecule has 0 saturated heterocycles. The fraction of sp³-hybridized carbons (Fsp3) is 0.364. The average Bonchev–Trinajstić information content (AvgIpc) is 2.60. The Balaban J connectivity index is 1.89. The number of nitrogens with one attached hydrogen (secondary N) is 1. The third kappa shape index (κ3) is 5.45. The average molecular weight is 352 g/mol. The Morgan fingerprint density at radius 3 is 2.38 bits per heavy atom. The highest BCUT2D eigenvalue weighted by Gasteiger charge is 2.12. The van der Waals surface area contributed by atoms with Crippen molar-refractivity contribution in [1.29, 1.82) is 0 Å². The molecule has 0 aliphatic carbocycles. The van der Waals surface area contributed by atoms with Gasteiger partial charge in [-0.25, -0.2) is 0 Å². The van der Waals surface area contributed by atoms with E-state index in [1.165, 1.54) is 5.56 Å². The summed E-state index contributed by atoms with van der Waals surface area (Å²) >= 11 is 0. The van der Waals surface area contributed by atoms with Gasteiger partial charge in [0.2, 0.25) is 0 Å². The van der Waals surface area contributed by atoms with Crippen molar-refractivity contribution in [2.24, 2.45) is 5.16 Å². The number of nitrogens with zero attached hydrogens (tertiary/aromatic N) is 1. The third-order valence-electron chi connectivity index (χ3n) is 4.27. The number of para-hydroxylation sites is 1. The van der Waals surface area contributed by atoms with Gasteiger partial charge in [-0.05, 0) is 41.0 Å². The van der Waals surface area contributed by atoms with Crippen molar-refractivity contribution in [1.82, 2.24) is 0 Å². The van der Waals surface area contributed by atoms with Crippen molar-refractivity contribution in [2.45, 2.75) is 46.5 Å². The van der Waals surface area contributed by atoms with Crippen molar-refractivity contribution in [3.63, 3.8) is 0 Å². The van der Waals surface area contributed by atoms with Crippen molar-refractivity contribution < 1.29 is 9.63 Å². The Labute approximate surface area is 156 Å². The Hall–Kier alpha value is -2.62. The number of hydrogen-bond donors (Lipinski definition) is 1. The zero-order chi connectivity index (χ0) is 19.1. The molecule has 0 atom stereocenters. The van der Waals surface area contributed by atoms with Gasteiger partial charge in [0.15, 0.2) is 6.61 Å². The Kier molecular flexibility index (Phi) is 6.96. The number of amides is 1. The highest BCUT2D eigenvalue weighted by atomic mass is 16.6. The van der Waals surface area contributed by atoms with Crippen LogP contribution >= 0.6 is 0 Å². The van der Waals surface area contributed by atoms with E-state index in [0.717, 1.165) is 22.4 Å². The van der Waals surface area contributed by atoms with E-state index in [0.29, 0.717) is 11.8 Å². The fourth-order valence-corrected chi connectivity index (χ4v) is 2.68. The summed E-state index contributed by atoms with van der Waals surface area (Å²) < 4.78 is 0. The lowest BCUT2D eigenvalue weighted by molar-refractivity contribution is -0.120. The lowest BCUT2D eigenvalue weighted by atomic mass is 9.98. The summed E-state index contributed by atoms with van der Waals surface area (Å²) in [5, 5.41) is 6.83. The van der Waals surface area contributed by atoms with Crippen LogP contribution in [0.1, 0.15) is 61.8 Å². The van der Waals surface area contributed by atoms with E-state index in [-0.39, 0.29) is 12.5 Å². The van der Waals surface area contributed by atoms with Crippen LogP contribution in [0.5, 0.6) is 0 Å². The van der Waals surface area contributed by atoms with Crippen LogP contribution in [0.15, 0.2) is 47.6 Å². The first-order valence-corrected chi connectivity index (χ1v) is 9.03. The van der Waals surface area contributed by atoms with Gasteiger partial charge in [0, 0.05) is 5.69 Å². The number of aryl methyl sites for hydroxylation is 1. The second kappa shape index (κ2) is 9.18. The standard InChI is InChI=1S/C22H28N2O2/c1-15(2)19-11-9-18(10-12-19)13-23-26-14-21(25)24-22-17(5)7-6-8-20(22)16(3)4/h6-13,15-16H,14H2,1-5H3,(H,24,25)/b23-13-. The van der Waals surface area contributed by atoms with Gasteiger partial charge in [-0.1, -0.05) is 75.3 Å². The van der Waals surface area contributed by atoms with Crippen LogP contribution in [0, 0.1) is 6.92 Å². The van der Waals surface area contributed by atoms with Gasteiger partial charge >= 0.3 is 0 Å². The van der Waals surface area contributed by atoms with Gasteiger partial charge in [0.25, 0.3) is 5.91 Å². The molecule has 0 heterocycles. The topological polar surface area (TPSA) is 50.7 Å². The van der Waals surface area contributed by atoms with Gasteiger partial charge in [0.05, 0.1) is 6.21 Å². The Bertz CT molecular complexity index is 762. The van der Waals surface area contributed by atoms with Gasteiger partial charge in [-0.3, -0.25) is 4.79 Å². The molecule has 2 rings (SSSR count). The fourth-order valence-electron chi connectivity index (χ4n) is 2.68. The largest absolute Gasteiger partial charge is 0.386 e. The number of carbonyl (C=O) groups is 1. The highest BCUT2D eigenvalue weighted by molar-refractivity contribution is 5.93. The molecule has 26 heavy (non-hydrogen) atoms. The molecular formula is C22H28N2O2. The second-order valence-electron chi connectivity index (χ2n) is 7.07. The van der Waals surface area contributed by atoms with Crippen LogP contribution in [-0.4, -0.2) is 18.7 Å². The van der Waals surface area contributed by atoms with Crippen LogP contribution in [0.3, 0.4) is 0 Å². The first kappa shape index (κ1) is 19.7. The monoisotopic (exact) mass is 352 g/mol. The maximum absolute atomic E-state index is 12.2. The van der Waals surface area contributed by atoms with Crippen molar-refractivity contribution in [3.05, 3.63) is 64.7 Å². The SMILES string of the molecule is Cc1cccc(C(C)C)c1NC(=O)CO/N=C\c1ccc(C(C)C)cc1. The van der Waals surface area contributed by atoms with Crippen LogP contribution in [-0.2, 0) is 9.63 Å². The van der Waals surface area contributed by atoms with Crippen LogP contribution in [0.25, 0.3) is 0 Å². The lowest BCUT2D eigenvalue weighted by Crippen LogP contribution is -2.19. The van der Waals surface area contributed by atoms with E-state index in [4.69, 9.17) is 4.84 Å². The minimum Gasteiger partial charge on any atom is -0.386 e. The van der Waals surface area contributed by atoms with Crippen molar-refractivity contribution >= 4 is 17.8 Å². The molecule has 0 fully saturated rings. The number of rotatable bonds is 7. The smallest absolute Gasteiger partial charge is 0.265 e. The molecule has 2 aromatic rings. The van der Waals surface area contributed by atoms with Crippen LogP contribution in [0.4, 0.5) is 5.69 Å². The summed E-state index contributed by atoms with van der Waals surface area (Å²) in [5.41, 5.74) is 5.24. The first-order chi connectivity index (χ1) is 12.4. The molecule has 0 bridgehead atoms. The van der Waals surface area contributed by atoms with Gasteiger partial charge < -0.3 is 10.2 Å². The van der Waals surface area contributed by atoms with Crippen LogP contribution < -0.4 is 5.32 Å². The third-order valence-corrected chi connectivity index (χ3v) is 4.27. The van der Waals surface area contributed by atoms with E-state index in [1.807, 2.05) is 37.3 Å². The van der Waals surface area contributed by atoms with Crippen molar-refractivity contribution in [2.75, 3.05) is 11.9 Å². The minimum absolute atomic E-state index is 0.119.